The van der Waals surface area contributed by atoms with Gasteiger partial charge in [0.25, 0.3) is 0 Å². The third kappa shape index (κ3) is 5.60. The molecular weight excluding hydrogens is 178 g/mol. The number of hydrogen-bond donors (Lipinski definition) is 1. The summed E-state index contributed by atoms with van der Waals surface area (Å²) >= 11 is 0. The summed E-state index contributed by atoms with van der Waals surface area (Å²) in [4.78, 5) is 11.3. The maximum Gasteiger partial charge on any atom is 0.322 e. The normalized spacial score (nSPS) is 11.8. The Hall–Kier alpha value is -1.01. The van der Waals surface area contributed by atoms with E-state index in [4.69, 9.17) is 6.42 Å². The van der Waals surface area contributed by atoms with Gasteiger partial charge >= 0.3 is 5.97 Å². The zero-order chi connectivity index (χ0) is 10.8. The summed E-state index contributed by atoms with van der Waals surface area (Å²) in [5.41, 5.74) is 0. The average Bonchev–Trinajstić information content (AvgIpc) is 2.22. The number of esters is 1. The fourth-order valence-corrected chi connectivity index (χ4v) is 1.17. The zero-order valence-corrected chi connectivity index (χ0v) is 9.01. The first-order valence-corrected chi connectivity index (χ1v) is 5.00. The summed E-state index contributed by atoms with van der Waals surface area (Å²) in [5.74, 6) is 2.32. The second-order valence-corrected chi connectivity index (χ2v) is 3.13. The molecule has 0 fully saturated rings. The van der Waals surface area contributed by atoms with E-state index in [1.807, 2.05) is 0 Å². The van der Waals surface area contributed by atoms with Crippen LogP contribution < -0.4 is 5.32 Å². The van der Waals surface area contributed by atoms with Gasteiger partial charge in [0.1, 0.15) is 6.04 Å². The van der Waals surface area contributed by atoms with Gasteiger partial charge in [-0.15, -0.1) is 12.3 Å². The van der Waals surface area contributed by atoms with Crippen molar-refractivity contribution in [3.63, 3.8) is 0 Å². The van der Waals surface area contributed by atoms with Crippen molar-refractivity contribution in [3.05, 3.63) is 0 Å². The lowest BCUT2D eigenvalue weighted by Crippen LogP contribution is -2.38. The number of carbonyl (C=O) groups excluding carboxylic acids is 1. The van der Waals surface area contributed by atoms with Gasteiger partial charge in [-0.3, -0.25) is 4.79 Å². The molecular formula is C11H19NO2. The van der Waals surface area contributed by atoms with Crippen molar-refractivity contribution in [2.24, 2.45) is 0 Å². The summed E-state index contributed by atoms with van der Waals surface area (Å²) in [6.45, 7) is 2.76. The van der Waals surface area contributed by atoms with Gasteiger partial charge in [0.05, 0.1) is 7.11 Å². The molecule has 0 aliphatic carbocycles. The van der Waals surface area contributed by atoms with Crippen LogP contribution in [0.4, 0.5) is 0 Å². The van der Waals surface area contributed by atoms with Crippen molar-refractivity contribution >= 4 is 5.97 Å². The second kappa shape index (κ2) is 8.58. The topological polar surface area (TPSA) is 38.3 Å². The SMILES string of the molecule is C#CCCNC(CCCC)C(=O)OC. The van der Waals surface area contributed by atoms with Gasteiger partial charge in [-0.25, -0.2) is 0 Å². The number of nitrogens with one attached hydrogen (secondary N) is 1. The molecule has 80 valence electrons. The van der Waals surface area contributed by atoms with Crippen LogP contribution in [0.3, 0.4) is 0 Å². The maximum atomic E-state index is 11.3. The van der Waals surface area contributed by atoms with Gasteiger partial charge in [0, 0.05) is 13.0 Å². The molecule has 0 amide bonds. The first-order chi connectivity index (χ1) is 6.76. The minimum absolute atomic E-state index is 0.199. The number of ether oxygens (including phenoxy) is 1. The molecule has 0 aromatic rings. The second-order valence-electron chi connectivity index (χ2n) is 3.13. The van der Waals surface area contributed by atoms with Crippen molar-refractivity contribution in [2.45, 2.75) is 38.6 Å². The van der Waals surface area contributed by atoms with Crippen molar-refractivity contribution in [1.82, 2.24) is 5.32 Å². The van der Waals surface area contributed by atoms with E-state index in [0.29, 0.717) is 13.0 Å². The van der Waals surface area contributed by atoms with Crippen LogP contribution in [0.25, 0.3) is 0 Å². The van der Waals surface area contributed by atoms with Crippen molar-refractivity contribution in [3.8, 4) is 12.3 Å². The third-order valence-electron chi connectivity index (χ3n) is 1.99. The lowest BCUT2D eigenvalue weighted by molar-refractivity contribution is -0.143. The molecule has 3 nitrogen and oxygen atoms in total. The Morgan fingerprint density at radius 2 is 2.36 bits per heavy atom. The monoisotopic (exact) mass is 197 g/mol. The predicted octanol–water partition coefficient (Wildman–Crippen LogP) is 1.33. The molecule has 0 aliphatic heterocycles. The van der Waals surface area contributed by atoms with Crippen LogP contribution >= 0.6 is 0 Å². The van der Waals surface area contributed by atoms with Crippen LogP contribution in [0, 0.1) is 12.3 Å². The molecule has 0 spiro atoms. The Balaban J connectivity index is 3.85. The molecule has 3 heteroatoms. The fourth-order valence-electron chi connectivity index (χ4n) is 1.17. The lowest BCUT2D eigenvalue weighted by Gasteiger charge is -2.14. The number of terminal acetylenes is 1. The van der Waals surface area contributed by atoms with E-state index >= 15 is 0 Å². The van der Waals surface area contributed by atoms with E-state index in [0.717, 1.165) is 19.3 Å². The molecule has 0 saturated heterocycles. The predicted molar refractivity (Wildman–Crippen MR) is 56.8 cm³/mol. The van der Waals surface area contributed by atoms with Crippen molar-refractivity contribution in [1.29, 1.82) is 0 Å². The molecule has 0 rings (SSSR count). The van der Waals surface area contributed by atoms with Gasteiger partial charge in [-0.1, -0.05) is 19.8 Å². The highest BCUT2D eigenvalue weighted by atomic mass is 16.5. The van der Waals surface area contributed by atoms with Crippen molar-refractivity contribution in [2.75, 3.05) is 13.7 Å². The highest BCUT2D eigenvalue weighted by molar-refractivity contribution is 5.75. The minimum Gasteiger partial charge on any atom is -0.468 e. The molecule has 0 aliphatic rings. The zero-order valence-electron chi connectivity index (χ0n) is 9.01. The van der Waals surface area contributed by atoms with Gasteiger partial charge in [0.2, 0.25) is 0 Å². The summed E-state index contributed by atoms with van der Waals surface area (Å²) < 4.78 is 4.69. The van der Waals surface area contributed by atoms with Crippen LogP contribution in [0.2, 0.25) is 0 Å². The van der Waals surface area contributed by atoms with E-state index < -0.39 is 0 Å². The number of carbonyl (C=O) groups is 1. The Labute approximate surface area is 86.2 Å². The van der Waals surface area contributed by atoms with Crippen LogP contribution in [-0.2, 0) is 9.53 Å². The van der Waals surface area contributed by atoms with Gasteiger partial charge in [-0.05, 0) is 6.42 Å². The Morgan fingerprint density at radius 1 is 1.64 bits per heavy atom. The van der Waals surface area contributed by atoms with Gasteiger partial charge in [0.15, 0.2) is 0 Å². The van der Waals surface area contributed by atoms with Crippen LogP contribution in [0.15, 0.2) is 0 Å². The molecule has 0 saturated carbocycles. The number of methoxy groups -OCH3 is 1. The van der Waals surface area contributed by atoms with E-state index in [1.165, 1.54) is 7.11 Å². The molecule has 0 aromatic carbocycles. The molecule has 14 heavy (non-hydrogen) atoms. The number of hydrogen-bond acceptors (Lipinski definition) is 3. The highest BCUT2D eigenvalue weighted by Gasteiger charge is 2.16. The van der Waals surface area contributed by atoms with Gasteiger partial charge in [-0.2, -0.15) is 0 Å². The van der Waals surface area contributed by atoms with Crippen molar-refractivity contribution < 1.29 is 9.53 Å². The van der Waals surface area contributed by atoms with Crippen LogP contribution in [0.5, 0.6) is 0 Å². The lowest BCUT2D eigenvalue weighted by atomic mass is 10.1. The summed E-state index contributed by atoms with van der Waals surface area (Å²) in [6.07, 6.45) is 8.66. The largest absolute Gasteiger partial charge is 0.468 e. The van der Waals surface area contributed by atoms with Crippen LogP contribution in [0.1, 0.15) is 32.6 Å². The number of unbranched alkanes of at least 4 members (excludes halogenated alkanes) is 1. The summed E-state index contributed by atoms with van der Waals surface area (Å²) in [6, 6.07) is -0.201. The molecule has 0 heterocycles. The first kappa shape index (κ1) is 13.0. The Bertz CT molecular complexity index is 196. The summed E-state index contributed by atoms with van der Waals surface area (Å²) in [5, 5.41) is 3.09. The molecule has 1 unspecified atom stereocenters. The summed E-state index contributed by atoms with van der Waals surface area (Å²) in [7, 11) is 1.41. The third-order valence-corrected chi connectivity index (χ3v) is 1.99. The van der Waals surface area contributed by atoms with Gasteiger partial charge < -0.3 is 10.1 Å². The maximum absolute atomic E-state index is 11.3. The molecule has 0 bridgehead atoms. The molecule has 1 atom stereocenters. The standard InChI is InChI=1S/C11H19NO2/c1-4-6-8-10(11(13)14-3)12-9-7-5-2/h2,10,12H,4,6-9H2,1,3H3. The Kier molecular flexibility index (Phi) is 7.96. The number of rotatable bonds is 7. The molecule has 0 aromatic heterocycles. The molecule has 1 N–H and O–H groups in total. The Morgan fingerprint density at radius 3 is 2.86 bits per heavy atom. The minimum atomic E-state index is -0.201. The first-order valence-electron chi connectivity index (χ1n) is 5.00. The quantitative estimate of drug-likeness (QED) is 0.380. The van der Waals surface area contributed by atoms with E-state index in [9.17, 15) is 4.79 Å². The van der Waals surface area contributed by atoms with E-state index in [2.05, 4.69) is 22.9 Å². The highest BCUT2D eigenvalue weighted by Crippen LogP contribution is 2.02. The fraction of sp³-hybridized carbons (Fsp3) is 0.727. The average molecular weight is 197 g/mol. The van der Waals surface area contributed by atoms with E-state index in [1.54, 1.807) is 0 Å². The smallest absolute Gasteiger partial charge is 0.322 e. The molecule has 0 radical (unpaired) electrons. The van der Waals surface area contributed by atoms with Crippen LogP contribution in [-0.4, -0.2) is 25.7 Å². The van der Waals surface area contributed by atoms with E-state index in [-0.39, 0.29) is 12.0 Å².